The SMILES string of the molecule is C/C=N\c1c(C)ccc2cccnc12. The Morgan fingerprint density at radius 1 is 1.29 bits per heavy atom. The Balaban J connectivity index is 2.82. The molecular weight excluding hydrogens is 172 g/mol. The minimum Gasteiger partial charge on any atom is -0.259 e. The Morgan fingerprint density at radius 3 is 2.93 bits per heavy atom. The van der Waals surface area contributed by atoms with Crippen LogP contribution in [0.2, 0.25) is 0 Å². The molecule has 0 aliphatic rings. The maximum atomic E-state index is 4.35. The molecule has 1 aromatic heterocycles. The molecule has 1 heterocycles. The monoisotopic (exact) mass is 184 g/mol. The van der Waals surface area contributed by atoms with Crippen molar-refractivity contribution in [3.05, 3.63) is 36.0 Å². The van der Waals surface area contributed by atoms with Gasteiger partial charge < -0.3 is 0 Å². The first-order valence-corrected chi connectivity index (χ1v) is 4.66. The van der Waals surface area contributed by atoms with E-state index in [2.05, 4.69) is 35.1 Å². The van der Waals surface area contributed by atoms with Crippen molar-refractivity contribution in [3.63, 3.8) is 0 Å². The van der Waals surface area contributed by atoms with Gasteiger partial charge in [-0.05, 0) is 25.5 Å². The van der Waals surface area contributed by atoms with E-state index in [9.17, 15) is 0 Å². The van der Waals surface area contributed by atoms with Crippen molar-refractivity contribution in [3.8, 4) is 0 Å². The van der Waals surface area contributed by atoms with Crippen LogP contribution < -0.4 is 0 Å². The largest absolute Gasteiger partial charge is 0.259 e. The van der Waals surface area contributed by atoms with E-state index < -0.39 is 0 Å². The molecule has 2 aromatic rings. The number of pyridine rings is 1. The number of nitrogens with zero attached hydrogens (tertiary/aromatic N) is 2. The van der Waals surface area contributed by atoms with E-state index in [1.54, 1.807) is 12.4 Å². The zero-order valence-corrected chi connectivity index (χ0v) is 8.36. The smallest absolute Gasteiger partial charge is 0.0960 e. The van der Waals surface area contributed by atoms with Gasteiger partial charge in [0.1, 0.15) is 0 Å². The standard InChI is InChI=1S/C12H12N2/c1-3-13-11-9(2)6-7-10-5-4-8-14-12(10)11/h3-8H,1-2H3/b13-3-. The first-order valence-electron chi connectivity index (χ1n) is 4.66. The molecule has 0 atom stereocenters. The number of aliphatic imine (C=N–C) groups is 1. The number of hydrogen-bond donors (Lipinski definition) is 0. The van der Waals surface area contributed by atoms with Gasteiger partial charge >= 0.3 is 0 Å². The summed E-state index contributed by atoms with van der Waals surface area (Å²) >= 11 is 0. The summed E-state index contributed by atoms with van der Waals surface area (Å²) in [7, 11) is 0. The van der Waals surface area contributed by atoms with Gasteiger partial charge in [-0.1, -0.05) is 18.2 Å². The lowest BCUT2D eigenvalue weighted by Gasteiger charge is -2.03. The van der Waals surface area contributed by atoms with Gasteiger partial charge in [-0.25, -0.2) is 0 Å². The fraction of sp³-hybridized carbons (Fsp3) is 0.167. The highest BCUT2D eigenvalue weighted by atomic mass is 14.8. The molecule has 2 rings (SSSR count). The van der Waals surface area contributed by atoms with Gasteiger partial charge in [0.05, 0.1) is 11.2 Å². The molecular formula is C12H12N2. The van der Waals surface area contributed by atoms with Gasteiger partial charge in [-0.15, -0.1) is 0 Å². The Kier molecular flexibility index (Phi) is 2.27. The molecule has 0 saturated heterocycles. The summed E-state index contributed by atoms with van der Waals surface area (Å²) in [5.41, 5.74) is 3.12. The molecule has 0 aliphatic heterocycles. The zero-order valence-electron chi connectivity index (χ0n) is 8.36. The van der Waals surface area contributed by atoms with Gasteiger partial charge in [-0.2, -0.15) is 0 Å². The van der Waals surface area contributed by atoms with Crippen LogP contribution in [0.25, 0.3) is 10.9 Å². The lowest BCUT2D eigenvalue weighted by atomic mass is 10.1. The second-order valence-corrected chi connectivity index (χ2v) is 3.19. The number of aromatic nitrogens is 1. The number of hydrogen-bond acceptors (Lipinski definition) is 2. The number of rotatable bonds is 1. The Bertz CT molecular complexity index is 487. The summed E-state index contributed by atoms with van der Waals surface area (Å²) in [4.78, 5) is 8.69. The van der Waals surface area contributed by atoms with E-state index in [0.717, 1.165) is 22.2 Å². The third-order valence-electron chi connectivity index (χ3n) is 2.21. The lowest BCUT2D eigenvalue weighted by Crippen LogP contribution is -1.82. The van der Waals surface area contributed by atoms with E-state index >= 15 is 0 Å². The van der Waals surface area contributed by atoms with Gasteiger partial charge in [0.25, 0.3) is 0 Å². The molecule has 2 heteroatoms. The van der Waals surface area contributed by atoms with E-state index in [0.29, 0.717) is 0 Å². The van der Waals surface area contributed by atoms with E-state index in [1.807, 2.05) is 13.0 Å². The Labute approximate surface area is 83.3 Å². The molecule has 0 radical (unpaired) electrons. The summed E-state index contributed by atoms with van der Waals surface area (Å²) in [5, 5.41) is 1.14. The first-order chi connectivity index (χ1) is 6.83. The Morgan fingerprint density at radius 2 is 2.14 bits per heavy atom. The van der Waals surface area contributed by atoms with E-state index in [4.69, 9.17) is 0 Å². The maximum absolute atomic E-state index is 4.35. The quantitative estimate of drug-likeness (QED) is 0.624. The molecule has 14 heavy (non-hydrogen) atoms. The van der Waals surface area contributed by atoms with Crippen molar-refractivity contribution in [1.29, 1.82) is 0 Å². The van der Waals surface area contributed by atoms with Crippen LogP contribution in [-0.4, -0.2) is 11.2 Å². The number of benzene rings is 1. The second kappa shape index (κ2) is 3.58. The van der Waals surface area contributed by atoms with Crippen LogP contribution in [0.1, 0.15) is 12.5 Å². The topological polar surface area (TPSA) is 25.2 Å². The minimum absolute atomic E-state index is 0.977. The average molecular weight is 184 g/mol. The van der Waals surface area contributed by atoms with E-state index in [-0.39, 0.29) is 0 Å². The minimum atomic E-state index is 0.977. The Hall–Kier alpha value is -1.70. The molecule has 0 saturated carbocycles. The van der Waals surface area contributed by atoms with Gasteiger partial charge in [0, 0.05) is 17.8 Å². The average Bonchev–Trinajstić information content (AvgIpc) is 2.23. The van der Waals surface area contributed by atoms with Crippen molar-refractivity contribution in [2.75, 3.05) is 0 Å². The molecule has 1 aromatic carbocycles. The lowest BCUT2D eigenvalue weighted by molar-refractivity contribution is 1.36. The third-order valence-corrected chi connectivity index (χ3v) is 2.21. The highest BCUT2D eigenvalue weighted by Gasteiger charge is 2.02. The van der Waals surface area contributed by atoms with Crippen LogP contribution in [0, 0.1) is 6.92 Å². The predicted molar refractivity (Wildman–Crippen MR) is 60.3 cm³/mol. The highest BCUT2D eigenvalue weighted by Crippen LogP contribution is 2.27. The van der Waals surface area contributed by atoms with E-state index in [1.165, 1.54) is 0 Å². The molecule has 0 spiro atoms. The van der Waals surface area contributed by atoms with Crippen molar-refractivity contribution in [1.82, 2.24) is 4.98 Å². The van der Waals surface area contributed by atoms with Gasteiger partial charge in [-0.3, -0.25) is 9.98 Å². The maximum Gasteiger partial charge on any atom is 0.0960 e. The molecule has 0 fully saturated rings. The summed E-state index contributed by atoms with van der Waals surface area (Å²) in [5.74, 6) is 0. The van der Waals surface area contributed by atoms with Crippen molar-refractivity contribution in [2.45, 2.75) is 13.8 Å². The van der Waals surface area contributed by atoms with Crippen molar-refractivity contribution >= 4 is 22.8 Å². The summed E-state index contributed by atoms with van der Waals surface area (Å²) in [6, 6.07) is 8.15. The summed E-state index contributed by atoms with van der Waals surface area (Å²) < 4.78 is 0. The highest BCUT2D eigenvalue weighted by molar-refractivity contribution is 5.91. The molecule has 70 valence electrons. The third kappa shape index (κ3) is 1.39. The first kappa shape index (κ1) is 8.88. The van der Waals surface area contributed by atoms with Crippen LogP contribution >= 0.6 is 0 Å². The molecule has 0 N–H and O–H groups in total. The van der Waals surface area contributed by atoms with Crippen LogP contribution in [0.15, 0.2) is 35.5 Å². The fourth-order valence-electron chi connectivity index (χ4n) is 1.52. The van der Waals surface area contributed by atoms with Crippen LogP contribution in [0.3, 0.4) is 0 Å². The summed E-state index contributed by atoms with van der Waals surface area (Å²) in [6.45, 7) is 3.97. The number of fused-ring (bicyclic) bond motifs is 1. The van der Waals surface area contributed by atoms with Gasteiger partial charge in [0.15, 0.2) is 0 Å². The van der Waals surface area contributed by atoms with Crippen LogP contribution in [-0.2, 0) is 0 Å². The predicted octanol–water partition coefficient (Wildman–Crippen LogP) is 3.27. The molecule has 0 bridgehead atoms. The van der Waals surface area contributed by atoms with Crippen LogP contribution in [0.4, 0.5) is 5.69 Å². The normalized spacial score (nSPS) is 11.3. The molecule has 0 amide bonds. The molecule has 0 unspecified atom stereocenters. The fourth-order valence-corrected chi connectivity index (χ4v) is 1.52. The molecule has 2 nitrogen and oxygen atoms in total. The van der Waals surface area contributed by atoms with Crippen molar-refractivity contribution in [2.24, 2.45) is 4.99 Å². The zero-order chi connectivity index (χ0) is 9.97. The molecule has 0 aliphatic carbocycles. The number of aryl methyl sites for hydroxylation is 1. The van der Waals surface area contributed by atoms with Gasteiger partial charge in [0.2, 0.25) is 0 Å². The second-order valence-electron chi connectivity index (χ2n) is 3.19. The van der Waals surface area contributed by atoms with Crippen molar-refractivity contribution < 1.29 is 0 Å². The summed E-state index contributed by atoms with van der Waals surface area (Å²) in [6.07, 6.45) is 3.60. The van der Waals surface area contributed by atoms with Crippen LogP contribution in [0.5, 0.6) is 0 Å².